The Bertz CT molecular complexity index is 587. The summed E-state index contributed by atoms with van der Waals surface area (Å²) >= 11 is 5.72. The van der Waals surface area contributed by atoms with Gasteiger partial charge in [0.1, 0.15) is 10.0 Å². The first kappa shape index (κ1) is 15.2. The van der Waals surface area contributed by atoms with Crippen LogP contribution in [0.15, 0.2) is 23.2 Å². The summed E-state index contributed by atoms with van der Waals surface area (Å²) in [5.74, 6) is 0. The normalized spacial score (nSPS) is 25.3. The Kier molecular flexibility index (Phi) is 4.46. The van der Waals surface area contributed by atoms with E-state index in [0.29, 0.717) is 19.8 Å². The molecule has 0 spiro atoms. The number of ether oxygens (including phenoxy) is 2. The average Bonchev–Trinajstić information content (AvgIpc) is 3.02. The van der Waals surface area contributed by atoms with E-state index in [1.54, 1.807) is 0 Å². The van der Waals surface area contributed by atoms with Gasteiger partial charge in [0.2, 0.25) is 10.0 Å². The molecule has 0 aliphatic carbocycles. The van der Waals surface area contributed by atoms with Gasteiger partial charge in [-0.2, -0.15) is 4.31 Å². The molecule has 0 bridgehead atoms. The molecular formula is C13H17ClN2O4S. The fourth-order valence-electron chi connectivity index (χ4n) is 2.75. The first-order chi connectivity index (χ1) is 10.1. The molecule has 3 heterocycles. The second kappa shape index (κ2) is 6.18. The number of hydrogen-bond acceptors (Lipinski definition) is 5. The minimum absolute atomic E-state index is 0.150. The van der Waals surface area contributed by atoms with Gasteiger partial charge in [-0.3, -0.25) is 0 Å². The van der Waals surface area contributed by atoms with Crippen molar-refractivity contribution < 1.29 is 17.9 Å². The van der Waals surface area contributed by atoms with Crippen molar-refractivity contribution in [3.8, 4) is 0 Å². The smallest absolute Gasteiger partial charge is 0.245 e. The van der Waals surface area contributed by atoms with Crippen LogP contribution in [0.3, 0.4) is 0 Å². The third-order valence-electron chi connectivity index (χ3n) is 3.77. The monoisotopic (exact) mass is 332 g/mol. The first-order valence-corrected chi connectivity index (χ1v) is 8.77. The molecule has 6 nitrogen and oxygen atoms in total. The van der Waals surface area contributed by atoms with Crippen molar-refractivity contribution in [2.75, 3.05) is 19.8 Å². The summed E-state index contributed by atoms with van der Waals surface area (Å²) < 4.78 is 38.1. The summed E-state index contributed by atoms with van der Waals surface area (Å²) in [6.07, 6.45) is 3.37. The molecule has 0 N–H and O–H groups in total. The van der Waals surface area contributed by atoms with Crippen LogP contribution in [0, 0.1) is 0 Å². The molecule has 1 unspecified atom stereocenters. The van der Waals surface area contributed by atoms with E-state index < -0.39 is 16.3 Å². The van der Waals surface area contributed by atoms with E-state index in [9.17, 15) is 8.42 Å². The lowest BCUT2D eigenvalue weighted by atomic mass is 10.0. The molecule has 8 heteroatoms. The molecule has 21 heavy (non-hydrogen) atoms. The van der Waals surface area contributed by atoms with E-state index in [4.69, 9.17) is 21.1 Å². The van der Waals surface area contributed by atoms with Gasteiger partial charge < -0.3 is 9.47 Å². The lowest BCUT2D eigenvalue weighted by Crippen LogP contribution is -2.50. The summed E-state index contributed by atoms with van der Waals surface area (Å²) in [4.78, 5) is 4.01. The third-order valence-corrected chi connectivity index (χ3v) is 5.90. The maximum atomic E-state index is 12.8. The molecule has 1 aromatic heterocycles. The Morgan fingerprint density at radius 1 is 1.24 bits per heavy atom. The number of halogens is 1. The number of rotatable bonds is 3. The summed E-state index contributed by atoms with van der Waals surface area (Å²) in [6.45, 7) is 1.49. The molecule has 0 aromatic carbocycles. The van der Waals surface area contributed by atoms with Crippen molar-refractivity contribution in [2.24, 2.45) is 0 Å². The van der Waals surface area contributed by atoms with Crippen LogP contribution in [0.25, 0.3) is 0 Å². The van der Waals surface area contributed by atoms with E-state index in [-0.39, 0.29) is 16.1 Å². The molecule has 1 atom stereocenters. The van der Waals surface area contributed by atoms with Crippen LogP contribution >= 0.6 is 11.6 Å². The van der Waals surface area contributed by atoms with Crippen LogP contribution in [0.1, 0.15) is 19.3 Å². The highest BCUT2D eigenvalue weighted by atomic mass is 35.5. The van der Waals surface area contributed by atoms with E-state index in [2.05, 4.69) is 4.98 Å². The predicted octanol–water partition coefficient (Wildman–Crippen LogP) is 1.65. The van der Waals surface area contributed by atoms with Crippen molar-refractivity contribution in [3.63, 3.8) is 0 Å². The van der Waals surface area contributed by atoms with Crippen molar-refractivity contribution in [1.82, 2.24) is 9.29 Å². The summed E-state index contributed by atoms with van der Waals surface area (Å²) in [6, 6.07) is 2.68. The van der Waals surface area contributed by atoms with Gasteiger partial charge in [0.25, 0.3) is 0 Å². The fraction of sp³-hybridized carbons (Fsp3) is 0.615. The summed E-state index contributed by atoms with van der Waals surface area (Å²) in [7, 11) is -3.61. The zero-order valence-electron chi connectivity index (χ0n) is 11.4. The number of piperidine rings is 1. The molecule has 2 fully saturated rings. The minimum Gasteiger partial charge on any atom is -0.349 e. The number of hydrogen-bond donors (Lipinski definition) is 0. The van der Waals surface area contributed by atoms with E-state index in [1.807, 2.05) is 0 Å². The average molecular weight is 333 g/mol. The van der Waals surface area contributed by atoms with Gasteiger partial charge in [-0.25, -0.2) is 13.4 Å². The maximum Gasteiger partial charge on any atom is 0.245 e. The van der Waals surface area contributed by atoms with Crippen LogP contribution in [0.2, 0.25) is 5.15 Å². The SMILES string of the molecule is O=S(=O)(c1ccc(Cl)nc1)N1CCCCC1C1OCCO1. The molecule has 2 aliphatic heterocycles. The van der Waals surface area contributed by atoms with Crippen LogP contribution in [-0.4, -0.2) is 49.8 Å². The van der Waals surface area contributed by atoms with Gasteiger partial charge >= 0.3 is 0 Å². The number of nitrogens with zero attached hydrogens (tertiary/aromatic N) is 2. The minimum atomic E-state index is -3.61. The predicted molar refractivity (Wildman–Crippen MR) is 76.5 cm³/mol. The fourth-order valence-corrected chi connectivity index (χ4v) is 4.49. The molecule has 1 aromatic rings. The van der Waals surface area contributed by atoms with Crippen molar-refractivity contribution in [3.05, 3.63) is 23.5 Å². The van der Waals surface area contributed by atoms with Crippen molar-refractivity contribution in [1.29, 1.82) is 0 Å². The Morgan fingerprint density at radius 2 is 2.00 bits per heavy atom. The van der Waals surface area contributed by atoms with Crippen LogP contribution in [0.5, 0.6) is 0 Å². The largest absolute Gasteiger partial charge is 0.349 e. The Labute approximate surface area is 129 Å². The Morgan fingerprint density at radius 3 is 2.67 bits per heavy atom. The molecule has 2 saturated heterocycles. The molecule has 116 valence electrons. The highest BCUT2D eigenvalue weighted by Gasteiger charge is 2.40. The molecule has 3 rings (SSSR count). The third kappa shape index (κ3) is 3.07. The van der Waals surface area contributed by atoms with E-state index >= 15 is 0 Å². The van der Waals surface area contributed by atoms with Gasteiger partial charge in [-0.1, -0.05) is 18.0 Å². The lowest BCUT2D eigenvalue weighted by molar-refractivity contribution is -0.0913. The van der Waals surface area contributed by atoms with E-state index in [1.165, 1.54) is 22.6 Å². The van der Waals surface area contributed by atoms with E-state index in [0.717, 1.165) is 19.3 Å². The topological polar surface area (TPSA) is 68.7 Å². The number of pyridine rings is 1. The van der Waals surface area contributed by atoms with Gasteiger partial charge in [0.15, 0.2) is 6.29 Å². The molecule has 0 amide bonds. The second-order valence-electron chi connectivity index (χ2n) is 5.11. The summed E-state index contributed by atoms with van der Waals surface area (Å²) in [5, 5.41) is 0.270. The lowest BCUT2D eigenvalue weighted by Gasteiger charge is -2.36. The quantitative estimate of drug-likeness (QED) is 0.787. The van der Waals surface area contributed by atoms with Gasteiger partial charge in [0, 0.05) is 12.7 Å². The maximum absolute atomic E-state index is 12.8. The molecular weight excluding hydrogens is 316 g/mol. The molecule has 0 radical (unpaired) electrons. The van der Waals surface area contributed by atoms with Gasteiger partial charge in [0.05, 0.1) is 19.3 Å². The van der Waals surface area contributed by atoms with Gasteiger partial charge in [-0.15, -0.1) is 0 Å². The van der Waals surface area contributed by atoms with Crippen LogP contribution in [-0.2, 0) is 19.5 Å². The highest BCUT2D eigenvalue weighted by Crippen LogP contribution is 2.29. The highest BCUT2D eigenvalue weighted by molar-refractivity contribution is 7.89. The summed E-state index contributed by atoms with van der Waals surface area (Å²) in [5.41, 5.74) is 0. The first-order valence-electron chi connectivity index (χ1n) is 6.95. The molecule has 2 aliphatic rings. The van der Waals surface area contributed by atoms with Crippen molar-refractivity contribution >= 4 is 21.6 Å². The van der Waals surface area contributed by atoms with Crippen molar-refractivity contribution in [2.45, 2.75) is 36.5 Å². The van der Waals surface area contributed by atoms with Crippen LogP contribution < -0.4 is 0 Å². The standard InChI is InChI=1S/C13H17ClN2O4S/c14-12-5-4-10(9-15-12)21(17,18)16-6-2-1-3-11(16)13-19-7-8-20-13/h4-5,9,11,13H,1-3,6-8H2. The molecule has 0 saturated carbocycles. The Hall–Kier alpha value is -0.730. The zero-order valence-corrected chi connectivity index (χ0v) is 13.0. The Balaban J connectivity index is 1.89. The zero-order chi connectivity index (χ0) is 14.9. The van der Waals surface area contributed by atoms with Crippen LogP contribution in [0.4, 0.5) is 0 Å². The number of sulfonamides is 1. The number of aromatic nitrogens is 1. The second-order valence-corrected chi connectivity index (χ2v) is 7.38. The van der Waals surface area contributed by atoms with Gasteiger partial charge in [-0.05, 0) is 25.0 Å².